The van der Waals surface area contributed by atoms with Gasteiger partial charge in [0.05, 0.1) is 24.6 Å². The van der Waals surface area contributed by atoms with Crippen molar-refractivity contribution in [1.82, 2.24) is 4.90 Å². The third kappa shape index (κ3) is 5.70. The summed E-state index contributed by atoms with van der Waals surface area (Å²) in [6, 6.07) is 9.50. The fourth-order valence-electron chi connectivity index (χ4n) is 1.64. The monoisotopic (exact) mass is 280 g/mol. The van der Waals surface area contributed by atoms with Crippen LogP contribution in [0.25, 0.3) is 0 Å². The Balaban J connectivity index is 2.42. The number of carbonyl (C=O) groups is 1. The van der Waals surface area contributed by atoms with Crippen molar-refractivity contribution in [3.8, 4) is 5.75 Å². The number of ether oxygens (including phenoxy) is 1. The molecule has 0 saturated carbocycles. The van der Waals surface area contributed by atoms with E-state index < -0.39 is 0 Å². The second kappa shape index (κ2) is 7.74. The maximum atomic E-state index is 12.0. The molecule has 104 valence electrons. The molecule has 0 fully saturated rings. The molecule has 5 heteroatoms. The van der Waals surface area contributed by atoms with Gasteiger partial charge in [0.25, 0.3) is 0 Å². The first kappa shape index (κ1) is 15.4. The van der Waals surface area contributed by atoms with Gasteiger partial charge in [-0.25, -0.2) is 0 Å². The number of carbonyl (C=O) groups excluding carboxylic acids is 1. The van der Waals surface area contributed by atoms with Gasteiger partial charge in [-0.1, -0.05) is 30.4 Å². The smallest absolute Gasteiger partial charge is 0.226 e. The highest BCUT2D eigenvalue weighted by molar-refractivity contribution is 7.80. The van der Waals surface area contributed by atoms with Crippen molar-refractivity contribution in [3.05, 3.63) is 30.3 Å². The van der Waals surface area contributed by atoms with Crippen LogP contribution in [0.1, 0.15) is 20.3 Å². The molecule has 0 atom stereocenters. The molecule has 0 aliphatic heterocycles. The molecular weight excluding hydrogens is 260 g/mol. The second-order valence-corrected chi connectivity index (χ2v) is 5.02. The molecule has 0 unspecified atom stereocenters. The third-order valence-corrected chi connectivity index (χ3v) is 2.73. The fourth-order valence-corrected chi connectivity index (χ4v) is 1.78. The highest BCUT2D eigenvalue weighted by Gasteiger charge is 2.17. The molecule has 2 N–H and O–H groups in total. The van der Waals surface area contributed by atoms with E-state index in [2.05, 4.69) is 0 Å². The molecule has 1 amide bonds. The molecule has 1 aromatic rings. The second-order valence-electron chi connectivity index (χ2n) is 4.49. The SMILES string of the molecule is CC(C)N(CC(N)=S)C(=O)CCOc1ccccc1. The van der Waals surface area contributed by atoms with Crippen LogP contribution in [-0.2, 0) is 4.79 Å². The Labute approximate surface area is 119 Å². The Morgan fingerprint density at radius 1 is 1.37 bits per heavy atom. The van der Waals surface area contributed by atoms with Gasteiger partial charge < -0.3 is 15.4 Å². The Morgan fingerprint density at radius 3 is 2.53 bits per heavy atom. The van der Waals surface area contributed by atoms with E-state index in [1.54, 1.807) is 4.90 Å². The number of hydrogen-bond donors (Lipinski definition) is 1. The zero-order valence-corrected chi connectivity index (χ0v) is 12.2. The molecule has 0 bridgehead atoms. The number of para-hydroxylation sites is 1. The van der Waals surface area contributed by atoms with Gasteiger partial charge in [-0.2, -0.15) is 0 Å². The van der Waals surface area contributed by atoms with E-state index in [0.29, 0.717) is 24.6 Å². The molecule has 0 aliphatic carbocycles. The summed E-state index contributed by atoms with van der Waals surface area (Å²) in [5, 5.41) is 0. The summed E-state index contributed by atoms with van der Waals surface area (Å²) in [5.41, 5.74) is 5.49. The molecule has 0 saturated heterocycles. The van der Waals surface area contributed by atoms with Crippen LogP contribution in [0, 0.1) is 0 Å². The zero-order chi connectivity index (χ0) is 14.3. The summed E-state index contributed by atoms with van der Waals surface area (Å²) < 4.78 is 5.50. The van der Waals surface area contributed by atoms with E-state index in [9.17, 15) is 4.79 Å². The van der Waals surface area contributed by atoms with Gasteiger partial charge in [0, 0.05) is 6.04 Å². The van der Waals surface area contributed by atoms with Gasteiger partial charge in [0.15, 0.2) is 0 Å². The summed E-state index contributed by atoms with van der Waals surface area (Å²) in [6.45, 7) is 4.54. The quantitative estimate of drug-likeness (QED) is 0.776. The number of nitrogens with zero attached hydrogens (tertiary/aromatic N) is 1. The summed E-state index contributed by atoms with van der Waals surface area (Å²) in [7, 11) is 0. The van der Waals surface area contributed by atoms with E-state index in [-0.39, 0.29) is 11.9 Å². The number of amides is 1. The van der Waals surface area contributed by atoms with Crippen LogP contribution in [0.3, 0.4) is 0 Å². The molecule has 0 spiro atoms. The average Bonchev–Trinajstić information content (AvgIpc) is 2.36. The lowest BCUT2D eigenvalue weighted by Crippen LogP contribution is -2.42. The predicted octanol–water partition coefficient (Wildman–Crippen LogP) is 1.98. The van der Waals surface area contributed by atoms with Crippen LogP contribution in [0.2, 0.25) is 0 Å². The van der Waals surface area contributed by atoms with Crippen LogP contribution in [0.4, 0.5) is 0 Å². The Morgan fingerprint density at radius 2 is 2.00 bits per heavy atom. The van der Waals surface area contributed by atoms with Crippen molar-refractivity contribution in [3.63, 3.8) is 0 Å². The Hall–Kier alpha value is -1.62. The van der Waals surface area contributed by atoms with Crippen molar-refractivity contribution >= 4 is 23.1 Å². The van der Waals surface area contributed by atoms with Gasteiger partial charge >= 0.3 is 0 Å². The lowest BCUT2D eigenvalue weighted by atomic mass is 10.2. The summed E-state index contributed by atoms with van der Waals surface area (Å²) in [4.78, 5) is 14.0. The normalized spacial score (nSPS) is 10.3. The number of hydrogen-bond acceptors (Lipinski definition) is 3. The van der Waals surface area contributed by atoms with Crippen molar-refractivity contribution in [1.29, 1.82) is 0 Å². The van der Waals surface area contributed by atoms with Crippen LogP contribution in [0.15, 0.2) is 30.3 Å². The maximum Gasteiger partial charge on any atom is 0.226 e. The largest absolute Gasteiger partial charge is 0.493 e. The van der Waals surface area contributed by atoms with Gasteiger partial charge in [-0.15, -0.1) is 0 Å². The molecule has 0 aromatic heterocycles. The molecule has 1 rings (SSSR count). The first-order valence-electron chi connectivity index (χ1n) is 6.26. The number of thiocarbonyl (C=S) groups is 1. The summed E-state index contributed by atoms with van der Waals surface area (Å²) >= 11 is 4.85. The van der Waals surface area contributed by atoms with Crippen molar-refractivity contribution in [2.75, 3.05) is 13.2 Å². The van der Waals surface area contributed by atoms with E-state index in [4.69, 9.17) is 22.7 Å². The fraction of sp³-hybridized carbons (Fsp3) is 0.429. The first-order chi connectivity index (χ1) is 9.00. The molecular formula is C14H20N2O2S. The van der Waals surface area contributed by atoms with E-state index in [1.807, 2.05) is 44.2 Å². The van der Waals surface area contributed by atoms with Crippen LogP contribution >= 0.6 is 12.2 Å². The Bertz CT molecular complexity index is 421. The van der Waals surface area contributed by atoms with Gasteiger partial charge in [0.1, 0.15) is 5.75 Å². The highest BCUT2D eigenvalue weighted by Crippen LogP contribution is 2.09. The molecule has 0 aliphatic rings. The lowest BCUT2D eigenvalue weighted by molar-refractivity contribution is -0.132. The molecule has 0 heterocycles. The summed E-state index contributed by atoms with van der Waals surface area (Å²) in [5.74, 6) is 0.763. The van der Waals surface area contributed by atoms with E-state index in [0.717, 1.165) is 5.75 Å². The van der Waals surface area contributed by atoms with Crippen molar-refractivity contribution in [2.45, 2.75) is 26.3 Å². The van der Waals surface area contributed by atoms with Gasteiger partial charge in [-0.05, 0) is 26.0 Å². The van der Waals surface area contributed by atoms with E-state index >= 15 is 0 Å². The number of rotatable bonds is 7. The minimum absolute atomic E-state index is 0.00117. The topological polar surface area (TPSA) is 55.6 Å². The third-order valence-electron chi connectivity index (χ3n) is 2.60. The van der Waals surface area contributed by atoms with Crippen LogP contribution < -0.4 is 10.5 Å². The number of benzene rings is 1. The van der Waals surface area contributed by atoms with Gasteiger partial charge in [-0.3, -0.25) is 4.79 Å². The zero-order valence-electron chi connectivity index (χ0n) is 11.3. The highest BCUT2D eigenvalue weighted by atomic mass is 32.1. The minimum Gasteiger partial charge on any atom is -0.493 e. The molecule has 1 aromatic carbocycles. The van der Waals surface area contributed by atoms with Gasteiger partial charge in [0.2, 0.25) is 5.91 Å². The molecule has 0 radical (unpaired) electrons. The Kier molecular flexibility index (Phi) is 6.29. The lowest BCUT2D eigenvalue weighted by Gasteiger charge is -2.26. The minimum atomic E-state index is -0.00117. The van der Waals surface area contributed by atoms with Crippen molar-refractivity contribution in [2.24, 2.45) is 5.73 Å². The van der Waals surface area contributed by atoms with Crippen LogP contribution in [0.5, 0.6) is 5.75 Å². The predicted molar refractivity (Wildman–Crippen MR) is 80.2 cm³/mol. The van der Waals surface area contributed by atoms with Crippen LogP contribution in [-0.4, -0.2) is 35.0 Å². The first-order valence-corrected chi connectivity index (χ1v) is 6.67. The molecule has 19 heavy (non-hydrogen) atoms. The maximum absolute atomic E-state index is 12.0. The van der Waals surface area contributed by atoms with E-state index in [1.165, 1.54) is 0 Å². The molecule has 4 nitrogen and oxygen atoms in total. The average molecular weight is 280 g/mol. The summed E-state index contributed by atoms with van der Waals surface area (Å²) in [6.07, 6.45) is 0.315. The standard InChI is InChI=1S/C14H20N2O2S/c1-11(2)16(10-13(15)19)14(17)8-9-18-12-6-4-3-5-7-12/h3-7,11H,8-10H2,1-2H3,(H2,15,19). The number of nitrogens with two attached hydrogens (primary N) is 1. The van der Waals surface area contributed by atoms with Crippen molar-refractivity contribution < 1.29 is 9.53 Å².